The highest BCUT2D eigenvalue weighted by molar-refractivity contribution is 6.34. The Morgan fingerprint density at radius 1 is 0.500 bits per heavy atom. The Hall–Kier alpha value is -5.08. The minimum absolute atomic E-state index is 0.109. The van der Waals surface area contributed by atoms with E-state index in [4.69, 9.17) is 4.42 Å². The summed E-state index contributed by atoms with van der Waals surface area (Å²) in [6.07, 6.45) is 0. The van der Waals surface area contributed by atoms with Crippen LogP contribution in [0.25, 0.3) is 82.3 Å². The average Bonchev–Trinajstić information content (AvgIpc) is 3.78. The van der Waals surface area contributed by atoms with E-state index in [2.05, 4.69) is 135 Å². The van der Waals surface area contributed by atoms with Crippen LogP contribution in [0.5, 0.6) is 0 Å². The predicted octanol–water partition coefficient (Wildman–Crippen LogP) is 11.3. The minimum Gasteiger partial charge on any atom is -0.455 e. The molecule has 208 valence electrons. The maximum atomic E-state index is 6.84. The molecule has 2 aliphatic carbocycles. The second kappa shape index (κ2) is 7.17. The number of rotatable bonds is 0. The molecule has 0 spiro atoms. The zero-order chi connectivity index (χ0) is 29.3. The normalized spacial score (nSPS) is 16.1. The summed E-state index contributed by atoms with van der Waals surface area (Å²) < 4.78 is 9.40. The van der Waals surface area contributed by atoms with Gasteiger partial charge in [-0.1, -0.05) is 107 Å². The number of hydrogen-bond donors (Lipinski definition) is 0. The highest BCUT2D eigenvalue weighted by atomic mass is 16.3. The first-order valence-electron chi connectivity index (χ1n) is 15.7. The number of nitrogens with zero attached hydrogens (tertiary/aromatic N) is 1. The number of hydrogen-bond acceptors (Lipinski definition) is 1. The Morgan fingerprint density at radius 2 is 1.07 bits per heavy atom. The molecule has 0 radical (unpaired) electrons. The Bertz CT molecular complexity index is 2760. The molecular weight excluding hydrogens is 534 g/mol. The molecule has 0 fully saturated rings. The molecule has 0 saturated heterocycles. The molecular formula is C42H29NO. The lowest BCUT2D eigenvalue weighted by Crippen LogP contribution is -2.15. The molecule has 11 rings (SSSR count). The third-order valence-corrected chi connectivity index (χ3v) is 11.3. The predicted molar refractivity (Wildman–Crippen MR) is 184 cm³/mol. The van der Waals surface area contributed by atoms with E-state index in [1.165, 1.54) is 93.4 Å². The van der Waals surface area contributed by atoms with Crippen molar-refractivity contribution in [1.82, 2.24) is 4.40 Å². The van der Waals surface area contributed by atoms with Crippen LogP contribution >= 0.6 is 0 Å². The molecule has 2 aliphatic rings. The molecule has 3 aromatic heterocycles. The number of fused-ring (bicyclic) bond motifs is 18. The molecule has 0 atom stereocenters. The van der Waals surface area contributed by atoms with E-state index in [1.807, 2.05) is 0 Å². The van der Waals surface area contributed by atoms with Crippen molar-refractivity contribution >= 4 is 60.0 Å². The fraction of sp³-hybridized carbons (Fsp3) is 0.143. The van der Waals surface area contributed by atoms with Crippen LogP contribution in [0.15, 0.2) is 108 Å². The van der Waals surface area contributed by atoms with Crippen molar-refractivity contribution in [3.05, 3.63) is 125 Å². The van der Waals surface area contributed by atoms with E-state index in [9.17, 15) is 0 Å². The molecule has 2 heteroatoms. The topological polar surface area (TPSA) is 17.6 Å². The van der Waals surface area contributed by atoms with Crippen LogP contribution < -0.4 is 0 Å². The number of para-hydroxylation sites is 1. The summed E-state index contributed by atoms with van der Waals surface area (Å²) in [5, 5.41) is 7.66. The van der Waals surface area contributed by atoms with E-state index in [1.54, 1.807) is 0 Å². The fourth-order valence-corrected chi connectivity index (χ4v) is 9.50. The Morgan fingerprint density at radius 3 is 1.75 bits per heavy atom. The summed E-state index contributed by atoms with van der Waals surface area (Å²) in [7, 11) is 0. The van der Waals surface area contributed by atoms with Gasteiger partial charge in [0.05, 0.1) is 21.9 Å². The molecule has 0 N–H and O–H groups in total. The molecule has 0 bridgehead atoms. The summed E-state index contributed by atoms with van der Waals surface area (Å²) in [4.78, 5) is 0. The smallest absolute Gasteiger partial charge is 0.145 e. The van der Waals surface area contributed by atoms with E-state index in [0.717, 1.165) is 11.2 Å². The van der Waals surface area contributed by atoms with Gasteiger partial charge in [0, 0.05) is 37.8 Å². The molecule has 44 heavy (non-hydrogen) atoms. The van der Waals surface area contributed by atoms with Crippen molar-refractivity contribution < 1.29 is 4.42 Å². The van der Waals surface area contributed by atoms with Crippen molar-refractivity contribution in [2.75, 3.05) is 0 Å². The van der Waals surface area contributed by atoms with E-state index in [-0.39, 0.29) is 10.8 Å². The molecule has 0 saturated carbocycles. The van der Waals surface area contributed by atoms with Gasteiger partial charge in [-0.3, -0.25) is 0 Å². The van der Waals surface area contributed by atoms with Crippen molar-refractivity contribution in [3.63, 3.8) is 0 Å². The first-order chi connectivity index (χ1) is 21.4. The zero-order valence-corrected chi connectivity index (χ0v) is 25.2. The summed E-state index contributed by atoms with van der Waals surface area (Å²) >= 11 is 0. The van der Waals surface area contributed by atoms with E-state index < -0.39 is 0 Å². The van der Waals surface area contributed by atoms with E-state index >= 15 is 0 Å². The number of furan rings is 1. The van der Waals surface area contributed by atoms with Gasteiger partial charge in [0.1, 0.15) is 11.2 Å². The summed E-state index contributed by atoms with van der Waals surface area (Å²) in [5.74, 6) is 0. The van der Waals surface area contributed by atoms with Gasteiger partial charge in [-0.05, 0) is 68.8 Å². The molecule has 0 aliphatic heterocycles. The van der Waals surface area contributed by atoms with Crippen molar-refractivity contribution in [1.29, 1.82) is 0 Å². The molecule has 3 heterocycles. The lowest BCUT2D eigenvalue weighted by atomic mass is 9.79. The lowest BCUT2D eigenvalue weighted by Gasteiger charge is -2.23. The Balaban J connectivity index is 1.44. The lowest BCUT2D eigenvalue weighted by molar-refractivity contribution is 0.665. The number of benzene rings is 6. The third kappa shape index (κ3) is 2.37. The molecule has 0 amide bonds. The van der Waals surface area contributed by atoms with Crippen molar-refractivity contribution in [2.24, 2.45) is 0 Å². The fourth-order valence-electron chi connectivity index (χ4n) is 9.50. The number of aromatic nitrogens is 1. The van der Waals surface area contributed by atoms with Crippen LogP contribution in [0.4, 0.5) is 0 Å². The zero-order valence-electron chi connectivity index (χ0n) is 25.2. The van der Waals surface area contributed by atoms with Crippen LogP contribution in [-0.2, 0) is 10.8 Å². The summed E-state index contributed by atoms with van der Waals surface area (Å²) in [6, 6.07) is 38.4. The second-order valence-electron chi connectivity index (χ2n) is 14.1. The van der Waals surface area contributed by atoms with Gasteiger partial charge < -0.3 is 8.82 Å². The van der Waals surface area contributed by atoms with Crippen LogP contribution in [-0.4, -0.2) is 4.40 Å². The second-order valence-corrected chi connectivity index (χ2v) is 14.1. The largest absolute Gasteiger partial charge is 0.455 e. The van der Waals surface area contributed by atoms with Crippen LogP contribution in [0.1, 0.15) is 49.9 Å². The maximum absolute atomic E-state index is 6.84. The quantitative estimate of drug-likeness (QED) is 0.179. The average molecular weight is 564 g/mol. The van der Waals surface area contributed by atoms with Gasteiger partial charge >= 0.3 is 0 Å². The van der Waals surface area contributed by atoms with Gasteiger partial charge in [-0.25, -0.2) is 0 Å². The Kier molecular flexibility index (Phi) is 3.81. The monoisotopic (exact) mass is 563 g/mol. The first-order valence-corrected chi connectivity index (χ1v) is 15.7. The van der Waals surface area contributed by atoms with Gasteiger partial charge in [0.15, 0.2) is 0 Å². The molecule has 6 aromatic carbocycles. The van der Waals surface area contributed by atoms with Crippen molar-refractivity contribution in [2.45, 2.75) is 38.5 Å². The SMILES string of the molecule is CC1(C)c2ccccc2-c2ccc3c(c21)c1cc2c4ccccc4oc2c2c4c5c(ccc4n3c12)-c1ccccc1C5(C)C. The highest BCUT2D eigenvalue weighted by Gasteiger charge is 2.41. The summed E-state index contributed by atoms with van der Waals surface area (Å²) in [6.45, 7) is 9.59. The minimum atomic E-state index is -0.136. The van der Waals surface area contributed by atoms with Gasteiger partial charge in [0.2, 0.25) is 0 Å². The van der Waals surface area contributed by atoms with Gasteiger partial charge in [-0.15, -0.1) is 0 Å². The Labute approximate surface area is 254 Å². The standard InChI is InChI=1S/C42H29NO/c1-41(2)29-14-8-5-11-22(29)25-17-19-31-34(37(25)41)28-21-27-24-13-7-10-16-33(24)44-40(27)36-35-32(43(31)39(28)36)20-18-26-23-12-6-9-15-30(23)42(3,4)38(26)35/h5-21H,1-4H3. The molecule has 9 aromatic rings. The molecule has 2 nitrogen and oxygen atoms in total. The third-order valence-electron chi connectivity index (χ3n) is 11.3. The molecule has 0 unspecified atom stereocenters. The van der Waals surface area contributed by atoms with Gasteiger partial charge in [-0.2, -0.15) is 0 Å². The van der Waals surface area contributed by atoms with Crippen LogP contribution in [0, 0.1) is 0 Å². The van der Waals surface area contributed by atoms with Crippen molar-refractivity contribution in [3.8, 4) is 22.3 Å². The highest BCUT2D eigenvalue weighted by Crippen LogP contribution is 2.58. The first kappa shape index (κ1) is 23.4. The van der Waals surface area contributed by atoms with Crippen LogP contribution in [0.3, 0.4) is 0 Å². The van der Waals surface area contributed by atoms with Gasteiger partial charge in [0.25, 0.3) is 0 Å². The summed E-state index contributed by atoms with van der Waals surface area (Å²) in [5.41, 5.74) is 16.6. The van der Waals surface area contributed by atoms with E-state index in [0.29, 0.717) is 0 Å². The maximum Gasteiger partial charge on any atom is 0.145 e. The van der Waals surface area contributed by atoms with Crippen LogP contribution in [0.2, 0.25) is 0 Å².